The molecule has 2 heterocycles. The SMILES string of the molecule is O=C(NCc1ccc(Br)s1)c1csc(C#CCCO)c1. The van der Waals surface area contributed by atoms with E-state index in [9.17, 15) is 4.79 Å². The molecule has 2 N–H and O–H groups in total. The third-order valence-corrected chi connectivity index (χ3v) is 4.83. The van der Waals surface area contributed by atoms with Crippen LogP contribution in [0.5, 0.6) is 0 Å². The molecule has 0 aliphatic rings. The van der Waals surface area contributed by atoms with Crippen LogP contribution >= 0.6 is 38.6 Å². The van der Waals surface area contributed by atoms with Crippen molar-refractivity contribution in [2.45, 2.75) is 13.0 Å². The predicted octanol–water partition coefficient (Wildman–Crippen LogP) is 3.24. The Morgan fingerprint density at radius 3 is 3.00 bits per heavy atom. The van der Waals surface area contributed by atoms with Crippen LogP contribution in [-0.4, -0.2) is 17.6 Å². The number of aliphatic hydroxyl groups is 1. The molecule has 20 heavy (non-hydrogen) atoms. The van der Waals surface area contributed by atoms with Gasteiger partial charge >= 0.3 is 0 Å². The van der Waals surface area contributed by atoms with Gasteiger partial charge in [-0.05, 0) is 34.1 Å². The Morgan fingerprint density at radius 2 is 2.30 bits per heavy atom. The van der Waals surface area contributed by atoms with Gasteiger partial charge in [-0.15, -0.1) is 22.7 Å². The zero-order valence-electron chi connectivity index (χ0n) is 10.5. The van der Waals surface area contributed by atoms with Gasteiger partial charge in [-0.1, -0.05) is 11.8 Å². The number of halogens is 1. The lowest BCUT2D eigenvalue weighted by atomic mass is 10.3. The zero-order chi connectivity index (χ0) is 14.4. The average Bonchev–Trinajstić information content (AvgIpc) is 3.06. The van der Waals surface area contributed by atoms with Crippen molar-refractivity contribution in [3.8, 4) is 11.8 Å². The summed E-state index contributed by atoms with van der Waals surface area (Å²) in [6, 6.07) is 5.72. The van der Waals surface area contributed by atoms with Gasteiger partial charge in [0.15, 0.2) is 0 Å². The topological polar surface area (TPSA) is 49.3 Å². The molecule has 2 aromatic heterocycles. The van der Waals surface area contributed by atoms with E-state index in [0.29, 0.717) is 18.5 Å². The van der Waals surface area contributed by atoms with E-state index in [0.717, 1.165) is 13.5 Å². The maximum Gasteiger partial charge on any atom is 0.252 e. The first-order chi connectivity index (χ1) is 9.69. The van der Waals surface area contributed by atoms with Crippen molar-refractivity contribution >= 4 is 44.5 Å². The first-order valence-electron chi connectivity index (χ1n) is 5.89. The molecular formula is C14H12BrNO2S2. The zero-order valence-corrected chi connectivity index (χ0v) is 13.7. The highest BCUT2D eigenvalue weighted by atomic mass is 79.9. The summed E-state index contributed by atoms with van der Waals surface area (Å²) in [5, 5.41) is 13.3. The quantitative estimate of drug-likeness (QED) is 0.812. The number of carbonyl (C=O) groups is 1. The van der Waals surface area contributed by atoms with Crippen LogP contribution in [0.2, 0.25) is 0 Å². The van der Waals surface area contributed by atoms with Crippen LogP contribution < -0.4 is 5.32 Å². The van der Waals surface area contributed by atoms with E-state index in [1.807, 2.05) is 12.1 Å². The Kier molecular flexibility index (Phi) is 5.80. The largest absolute Gasteiger partial charge is 0.395 e. The van der Waals surface area contributed by atoms with Crippen molar-refractivity contribution in [1.82, 2.24) is 5.32 Å². The number of rotatable bonds is 4. The maximum atomic E-state index is 12.0. The van der Waals surface area contributed by atoms with Crippen molar-refractivity contribution in [3.05, 3.63) is 42.7 Å². The van der Waals surface area contributed by atoms with Gasteiger partial charge in [-0.2, -0.15) is 0 Å². The molecule has 0 aromatic carbocycles. The van der Waals surface area contributed by atoms with Crippen molar-refractivity contribution < 1.29 is 9.90 Å². The second-order valence-electron chi connectivity index (χ2n) is 3.86. The molecule has 2 rings (SSSR count). The summed E-state index contributed by atoms with van der Waals surface area (Å²) < 4.78 is 1.05. The number of thiophene rings is 2. The fourth-order valence-corrected chi connectivity index (χ4v) is 3.62. The smallest absolute Gasteiger partial charge is 0.252 e. The minimum atomic E-state index is -0.0963. The lowest BCUT2D eigenvalue weighted by Gasteiger charge is -2.00. The molecule has 0 bridgehead atoms. The van der Waals surface area contributed by atoms with E-state index >= 15 is 0 Å². The highest BCUT2D eigenvalue weighted by Crippen LogP contribution is 2.22. The van der Waals surface area contributed by atoms with Crippen LogP contribution in [0.15, 0.2) is 27.4 Å². The van der Waals surface area contributed by atoms with E-state index < -0.39 is 0 Å². The molecule has 0 radical (unpaired) electrons. The fourth-order valence-electron chi connectivity index (χ4n) is 1.44. The van der Waals surface area contributed by atoms with E-state index in [-0.39, 0.29) is 12.5 Å². The number of carbonyl (C=O) groups excluding carboxylic acids is 1. The number of hydrogen-bond acceptors (Lipinski definition) is 4. The highest BCUT2D eigenvalue weighted by Gasteiger charge is 2.08. The Labute approximate surface area is 133 Å². The van der Waals surface area contributed by atoms with Crippen LogP contribution in [0, 0.1) is 11.8 Å². The molecule has 0 aliphatic carbocycles. The minimum absolute atomic E-state index is 0.0576. The second-order valence-corrected chi connectivity index (χ2v) is 7.32. The number of aliphatic hydroxyl groups excluding tert-OH is 1. The molecule has 0 unspecified atom stereocenters. The summed E-state index contributed by atoms with van der Waals surface area (Å²) in [6.07, 6.45) is 0.451. The van der Waals surface area contributed by atoms with Gasteiger partial charge in [0.1, 0.15) is 0 Å². The molecule has 0 aliphatic heterocycles. The summed E-state index contributed by atoms with van der Waals surface area (Å²) in [5.74, 6) is 5.67. The molecule has 0 saturated heterocycles. The maximum absolute atomic E-state index is 12.0. The third-order valence-electron chi connectivity index (χ3n) is 2.36. The second kappa shape index (κ2) is 7.60. The molecule has 0 fully saturated rings. The minimum Gasteiger partial charge on any atom is -0.395 e. The van der Waals surface area contributed by atoms with Gasteiger partial charge in [-0.25, -0.2) is 0 Å². The van der Waals surface area contributed by atoms with Crippen molar-refractivity contribution in [2.24, 2.45) is 0 Å². The molecule has 3 nitrogen and oxygen atoms in total. The fraction of sp³-hybridized carbons (Fsp3) is 0.214. The van der Waals surface area contributed by atoms with Crippen LogP contribution in [0.4, 0.5) is 0 Å². The van der Waals surface area contributed by atoms with E-state index in [1.54, 1.807) is 22.8 Å². The van der Waals surface area contributed by atoms with Gasteiger partial charge in [0, 0.05) is 16.7 Å². The molecule has 6 heteroatoms. The molecular weight excluding hydrogens is 358 g/mol. The van der Waals surface area contributed by atoms with Crippen LogP contribution in [-0.2, 0) is 6.54 Å². The Balaban J connectivity index is 1.91. The third kappa shape index (κ3) is 4.46. The van der Waals surface area contributed by atoms with E-state index in [2.05, 4.69) is 33.1 Å². The summed E-state index contributed by atoms with van der Waals surface area (Å²) in [6.45, 7) is 0.582. The van der Waals surface area contributed by atoms with Gasteiger partial charge in [0.25, 0.3) is 5.91 Å². The standard InChI is InChI=1S/C14H12BrNO2S2/c15-13-5-4-12(20-13)8-16-14(18)10-7-11(19-9-10)3-1-2-6-17/h4-5,7,9,17H,2,6,8H2,(H,16,18). The number of nitrogens with one attached hydrogen (secondary N) is 1. The van der Waals surface area contributed by atoms with Crippen molar-refractivity contribution in [2.75, 3.05) is 6.61 Å². The van der Waals surface area contributed by atoms with E-state index in [1.165, 1.54) is 11.3 Å². The highest BCUT2D eigenvalue weighted by molar-refractivity contribution is 9.11. The first kappa shape index (κ1) is 15.3. The summed E-state index contributed by atoms with van der Waals surface area (Å²) >= 11 is 6.43. The Bertz CT molecular complexity index is 651. The molecule has 0 saturated carbocycles. The molecule has 104 valence electrons. The van der Waals surface area contributed by atoms with Gasteiger partial charge in [0.05, 0.1) is 27.4 Å². The van der Waals surface area contributed by atoms with Crippen molar-refractivity contribution in [3.63, 3.8) is 0 Å². The first-order valence-corrected chi connectivity index (χ1v) is 8.38. The molecule has 0 spiro atoms. The average molecular weight is 370 g/mol. The number of amides is 1. The van der Waals surface area contributed by atoms with Crippen LogP contribution in [0.1, 0.15) is 26.5 Å². The van der Waals surface area contributed by atoms with Crippen molar-refractivity contribution in [1.29, 1.82) is 0 Å². The summed E-state index contributed by atoms with van der Waals surface area (Å²) in [5.41, 5.74) is 0.624. The summed E-state index contributed by atoms with van der Waals surface area (Å²) in [7, 11) is 0. The van der Waals surface area contributed by atoms with Gasteiger partial charge in [-0.3, -0.25) is 4.79 Å². The lowest BCUT2D eigenvalue weighted by Crippen LogP contribution is -2.21. The Hall–Kier alpha value is -1.13. The lowest BCUT2D eigenvalue weighted by molar-refractivity contribution is 0.0951. The molecule has 2 aromatic rings. The summed E-state index contributed by atoms with van der Waals surface area (Å²) in [4.78, 5) is 13.9. The van der Waals surface area contributed by atoms with Crippen LogP contribution in [0.25, 0.3) is 0 Å². The van der Waals surface area contributed by atoms with E-state index in [4.69, 9.17) is 5.11 Å². The monoisotopic (exact) mass is 369 g/mol. The number of hydrogen-bond donors (Lipinski definition) is 2. The van der Waals surface area contributed by atoms with Gasteiger partial charge < -0.3 is 10.4 Å². The molecule has 0 atom stereocenters. The normalized spacial score (nSPS) is 9.90. The van der Waals surface area contributed by atoms with Crippen LogP contribution in [0.3, 0.4) is 0 Å². The Morgan fingerprint density at radius 1 is 1.45 bits per heavy atom. The molecule has 1 amide bonds. The van der Waals surface area contributed by atoms with Gasteiger partial charge in [0.2, 0.25) is 0 Å². The predicted molar refractivity (Wildman–Crippen MR) is 86.1 cm³/mol.